The molecule has 0 saturated heterocycles. The number of primary amides is 2. The molecule has 0 aliphatic rings. The Morgan fingerprint density at radius 3 is 1.13 bits per heavy atom. The molecular formula is C80H126N24O26. The van der Waals surface area contributed by atoms with E-state index in [1.165, 1.54) is 61.1 Å². The van der Waals surface area contributed by atoms with Crippen LogP contribution in [0.2, 0.25) is 0 Å². The van der Waals surface area contributed by atoms with E-state index in [0.717, 1.165) is 6.92 Å². The fourth-order valence-corrected chi connectivity index (χ4v) is 12.6. The van der Waals surface area contributed by atoms with E-state index in [1.54, 1.807) is 41.5 Å². The Bertz CT molecular complexity index is 4300. The van der Waals surface area contributed by atoms with Crippen LogP contribution in [0.4, 0.5) is 0 Å². The number of aromatic nitrogens is 2. The summed E-state index contributed by atoms with van der Waals surface area (Å²) >= 11 is 0. The highest BCUT2D eigenvalue weighted by molar-refractivity contribution is 6.02. The summed E-state index contributed by atoms with van der Waals surface area (Å²) in [6.45, 7) is 5.83. The first kappa shape index (κ1) is 111. The van der Waals surface area contributed by atoms with Gasteiger partial charge in [0, 0.05) is 32.0 Å². The van der Waals surface area contributed by atoms with Crippen LogP contribution in [0.5, 0.6) is 11.5 Å². The van der Waals surface area contributed by atoms with Crippen LogP contribution in [0.3, 0.4) is 0 Å². The van der Waals surface area contributed by atoms with E-state index in [-0.39, 0.29) is 99.9 Å². The number of amides is 17. The van der Waals surface area contributed by atoms with E-state index in [1.807, 2.05) is 0 Å². The number of nitrogens with zero attached hydrogens (tertiary/aromatic N) is 1. The summed E-state index contributed by atoms with van der Waals surface area (Å²) in [5.74, 6) is -22.9. The molecule has 16 atom stereocenters. The SMILES string of the molecule is CC(C)C[C@H](NC(=O)[C@H](Cc1ccc(O)cc1)NC(=O)[C@@H](NC(=O)[C@H](CC(N)=O)NC(=O)CNC(=O)[C@H](CC(N)=O)NC(=O)[C@H](CO)NC(=O)[C@H](Cc1c[nH]cn1)NC(=O)[C@H](CC(C)C)NC(=O)[C@H](CC(C)C)NC(=O)[C@H](CO)NC(=O)[C@H](CCCCN)NC(=O)[C@H](CO)NC(=O)[C@H](CO)NC(=O)[C@@H](N)CCCNC(=N)N)[C@@H](C)O)C(=O)N[C@@H](Cc1ccc(O)cc1)C(=O)O. The van der Waals surface area contributed by atoms with E-state index in [9.17, 15) is 127 Å². The molecule has 3 aromatic rings. The van der Waals surface area contributed by atoms with Gasteiger partial charge in [-0.1, -0.05) is 65.8 Å². The van der Waals surface area contributed by atoms with E-state index >= 15 is 0 Å². The molecule has 50 nitrogen and oxygen atoms in total. The third-order valence-electron chi connectivity index (χ3n) is 19.4. The van der Waals surface area contributed by atoms with Crippen molar-refractivity contribution in [2.45, 2.75) is 229 Å². The molecule has 0 radical (unpaired) electrons. The number of carbonyl (C=O) groups is 18. The molecule has 0 saturated carbocycles. The number of hydrogen-bond acceptors (Lipinski definition) is 29. The number of nitrogens with one attached hydrogen (secondary N) is 18. The molecule has 130 heavy (non-hydrogen) atoms. The lowest BCUT2D eigenvalue weighted by Gasteiger charge is -2.28. The van der Waals surface area contributed by atoms with Crippen molar-refractivity contribution in [1.29, 1.82) is 5.41 Å². The van der Waals surface area contributed by atoms with Gasteiger partial charge in [0.25, 0.3) is 0 Å². The Morgan fingerprint density at radius 1 is 0.400 bits per heavy atom. The molecule has 0 bridgehead atoms. The number of phenols is 2. The van der Waals surface area contributed by atoms with Crippen molar-refractivity contribution in [3.05, 3.63) is 77.9 Å². The van der Waals surface area contributed by atoms with Gasteiger partial charge in [0.05, 0.1) is 70.0 Å². The molecule has 2 aromatic carbocycles. The summed E-state index contributed by atoms with van der Waals surface area (Å²) in [5, 5.41) is 127. The van der Waals surface area contributed by atoms with E-state index in [0.29, 0.717) is 17.5 Å². The van der Waals surface area contributed by atoms with Gasteiger partial charge < -0.3 is 160 Å². The Kier molecular flexibility index (Phi) is 48.4. The molecule has 50 heteroatoms. The third-order valence-corrected chi connectivity index (χ3v) is 19.4. The van der Waals surface area contributed by atoms with Crippen LogP contribution in [-0.4, -0.2) is 306 Å². The fourth-order valence-electron chi connectivity index (χ4n) is 12.6. The number of imidazole rings is 1. The summed E-state index contributed by atoms with van der Waals surface area (Å²) < 4.78 is 0. The summed E-state index contributed by atoms with van der Waals surface area (Å²) in [5.41, 5.74) is 28.6. The number of phenolic OH excluding ortho intramolecular Hbond substituents is 2. The minimum atomic E-state index is -2.04. The Hall–Kier alpha value is -13.3. The number of carboxylic acids is 1. The van der Waals surface area contributed by atoms with E-state index in [4.69, 9.17) is 34.1 Å². The fraction of sp³-hybridized carbons (Fsp3) is 0.575. The molecule has 0 spiro atoms. The lowest BCUT2D eigenvalue weighted by molar-refractivity contribution is -0.142. The third kappa shape index (κ3) is 40.8. The van der Waals surface area contributed by atoms with Crippen LogP contribution < -0.4 is 114 Å². The second-order valence-electron chi connectivity index (χ2n) is 32.0. The average Bonchev–Trinajstić information content (AvgIpc) is 1.23. The second kappa shape index (κ2) is 56.8. The number of aliphatic carboxylic acids is 1. The van der Waals surface area contributed by atoms with Gasteiger partial charge >= 0.3 is 5.97 Å². The maximum Gasteiger partial charge on any atom is 0.326 e. The molecule has 1 aromatic heterocycles. The van der Waals surface area contributed by atoms with Crippen molar-refractivity contribution in [2.75, 3.05) is 46.1 Å². The lowest BCUT2D eigenvalue weighted by atomic mass is 9.99. The van der Waals surface area contributed by atoms with E-state index in [2.05, 4.69) is 95.0 Å². The number of guanidine groups is 1. The van der Waals surface area contributed by atoms with Gasteiger partial charge in [-0.3, -0.25) is 86.9 Å². The van der Waals surface area contributed by atoms with Gasteiger partial charge in [-0.05, 0) is 118 Å². The summed E-state index contributed by atoms with van der Waals surface area (Å²) in [7, 11) is 0. The molecular weight excluding hydrogens is 1710 g/mol. The number of carboxylic acid groups (broad SMARTS) is 1. The lowest BCUT2D eigenvalue weighted by Crippen LogP contribution is -2.62. The number of nitrogens with two attached hydrogens (primary N) is 5. The van der Waals surface area contributed by atoms with Crippen molar-refractivity contribution >= 4 is 112 Å². The molecule has 0 aliphatic heterocycles. The van der Waals surface area contributed by atoms with Crippen LogP contribution >= 0.6 is 0 Å². The molecule has 722 valence electrons. The van der Waals surface area contributed by atoms with Crippen LogP contribution in [0.1, 0.15) is 129 Å². The number of aromatic amines is 1. The first-order valence-electron chi connectivity index (χ1n) is 41.7. The highest BCUT2D eigenvalue weighted by atomic mass is 16.4. The van der Waals surface area contributed by atoms with Crippen molar-refractivity contribution < 1.29 is 127 Å². The predicted molar refractivity (Wildman–Crippen MR) is 460 cm³/mol. The molecule has 3 rings (SSSR count). The summed E-state index contributed by atoms with van der Waals surface area (Å²) in [6.07, 6.45) is -2.14. The predicted octanol–water partition coefficient (Wildman–Crippen LogP) is -11.2. The number of aliphatic hydroxyl groups is 5. The van der Waals surface area contributed by atoms with Crippen molar-refractivity contribution in [1.82, 2.24) is 95.0 Å². The monoisotopic (exact) mass is 1840 g/mol. The van der Waals surface area contributed by atoms with Gasteiger partial charge in [-0.2, -0.15) is 0 Å². The summed E-state index contributed by atoms with van der Waals surface area (Å²) in [4.78, 5) is 253. The van der Waals surface area contributed by atoms with Crippen LogP contribution in [0.15, 0.2) is 61.1 Å². The zero-order valence-electron chi connectivity index (χ0n) is 73.1. The maximum absolute atomic E-state index is 14.5. The first-order chi connectivity index (χ1) is 61.2. The number of aliphatic hydroxyl groups excluding tert-OH is 5. The minimum Gasteiger partial charge on any atom is -0.508 e. The second-order valence-corrected chi connectivity index (χ2v) is 32.0. The zero-order valence-corrected chi connectivity index (χ0v) is 73.1. The topological polar surface area (TPSA) is 844 Å². The molecule has 1 heterocycles. The van der Waals surface area contributed by atoms with Crippen molar-refractivity contribution in [3.8, 4) is 11.5 Å². The minimum absolute atomic E-state index is 0.0611. The van der Waals surface area contributed by atoms with Crippen LogP contribution in [0.25, 0.3) is 0 Å². The number of rotatable bonds is 60. The van der Waals surface area contributed by atoms with E-state index < -0.39 is 267 Å². The normalized spacial score (nSPS) is 14.9. The quantitative estimate of drug-likeness (QED) is 0.0142. The Labute approximate surface area is 747 Å². The number of H-pyrrole nitrogens is 1. The largest absolute Gasteiger partial charge is 0.508 e. The molecule has 17 amide bonds. The number of carbonyl (C=O) groups excluding carboxylic acids is 17. The maximum atomic E-state index is 14.5. The van der Waals surface area contributed by atoms with Crippen molar-refractivity contribution in [2.24, 2.45) is 46.4 Å². The van der Waals surface area contributed by atoms with Crippen molar-refractivity contribution in [3.63, 3.8) is 0 Å². The van der Waals surface area contributed by atoms with Gasteiger partial charge in [0.1, 0.15) is 96.1 Å². The summed E-state index contributed by atoms with van der Waals surface area (Å²) in [6, 6.07) is -14.9. The van der Waals surface area contributed by atoms with Gasteiger partial charge in [-0.15, -0.1) is 0 Å². The molecule has 0 unspecified atom stereocenters. The number of aromatic hydroxyl groups is 2. The number of hydrogen-bond donors (Lipinski definition) is 31. The highest BCUT2D eigenvalue weighted by Crippen LogP contribution is 2.18. The standard InChI is InChI=1S/C80H126N24O26/c1-38(2)23-49(93-68(118)50(24-39(3)4)95-75(125)59(35-107)101-67(117)48(12-8-9-21-81)92-74(124)58(34-106)103-77(127)57(33-105)100-65(115)47(82)11-10-22-88-80(85)86)69(119)96-53(28-44-31-87-37-90-44)72(122)102-60(36-108)76(126)97-54(29-61(83)112)66(116)89-32-63(114)91-55(30-62(84)113)73(123)104-64(41(7)109)78(128)98-52(26-42-13-17-45(110)18-14-42)71(121)94-51(25-40(5)6)70(120)99-56(79(129)130)27-43-15-19-46(111)20-16-43/h13-20,31,37-41,47-60,64,105-111H,8-12,21-30,32-36,81-82H2,1-7H3,(H2,83,112)(H2,84,113)(H,87,90)(H,89,116)(H,91,114)(H,92,124)(H,93,118)(H,94,121)(H,95,125)(H,96,119)(H,97,126)(H,98,128)(H,99,120)(H,100,115)(H,101,117)(H,102,122)(H,103,127)(H,104,123)(H,129,130)(H4,85,86,88)/t41-,47+,48+,49+,50+,51+,52+,53+,54+,55+,56+,57+,58+,59+,60+,64+/m1/s1. The Balaban J connectivity index is 1.82. The van der Waals surface area contributed by atoms with Gasteiger partial charge in [0.2, 0.25) is 100 Å². The Morgan fingerprint density at radius 2 is 0.746 bits per heavy atom. The van der Waals surface area contributed by atoms with Crippen LogP contribution in [0, 0.1) is 23.2 Å². The smallest absolute Gasteiger partial charge is 0.326 e. The van der Waals surface area contributed by atoms with Gasteiger partial charge in [0.15, 0.2) is 5.96 Å². The van der Waals surface area contributed by atoms with Crippen LogP contribution in [-0.2, 0) is 106 Å². The number of unbranched alkanes of at least 4 members (excludes halogenated alkanes) is 1. The number of benzene rings is 2. The molecule has 0 aliphatic carbocycles. The highest BCUT2D eigenvalue weighted by Gasteiger charge is 2.40. The first-order valence-corrected chi connectivity index (χ1v) is 41.7. The zero-order chi connectivity index (χ0) is 97.8. The molecule has 0 fully saturated rings. The van der Waals surface area contributed by atoms with Gasteiger partial charge in [-0.25, -0.2) is 9.78 Å². The average molecular weight is 1840 g/mol. The molecule has 36 N–H and O–H groups in total.